The van der Waals surface area contributed by atoms with Crippen LogP contribution in [0.15, 0.2) is 45.2 Å². The van der Waals surface area contributed by atoms with Gasteiger partial charge >= 0.3 is 0 Å². The van der Waals surface area contributed by atoms with Crippen molar-refractivity contribution in [1.29, 1.82) is 0 Å². The number of hydrogen-bond acceptors (Lipinski definition) is 6. The molecule has 0 amide bonds. The molecule has 0 radical (unpaired) electrons. The SMILES string of the molecule is S=c1[nH]nc(-c2ccc3cc(-c4n[nH]c(=S)o4)ccc3c2)o1. The number of fused-ring (bicyclic) bond motifs is 1. The molecule has 0 saturated heterocycles. The summed E-state index contributed by atoms with van der Waals surface area (Å²) in [4.78, 5) is 0.510. The van der Waals surface area contributed by atoms with E-state index in [1.54, 1.807) is 0 Å². The van der Waals surface area contributed by atoms with Crippen LogP contribution in [0.25, 0.3) is 33.7 Å². The Hall–Kier alpha value is -2.58. The highest BCUT2D eigenvalue weighted by atomic mass is 32.1. The van der Waals surface area contributed by atoms with Crippen LogP contribution in [0.5, 0.6) is 0 Å². The average molecular weight is 328 g/mol. The van der Waals surface area contributed by atoms with Crippen molar-refractivity contribution in [1.82, 2.24) is 20.4 Å². The zero-order valence-corrected chi connectivity index (χ0v) is 12.6. The summed E-state index contributed by atoms with van der Waals surface area (Å²) in [6.07, 6.45) is 0. The highest BCUT2D eigenvalue weighted by Crippen LogP contribution is 2.27. The van der Waals surface area contributed by atoms with Crippen molar-refractivity contribution < 1.29 is 8.83 Å². The molecule has 2 N–H and O–H groups in total. The first-order valence-electron chi connectivity index (χ1n) is 6.35. The Morgan fingerprint density at radius 2 is 1.18 bits per heavy atom. The van der Waals surface area contributed by atoms with Gasteiger partial charge in [0.1, 0.15) is 0 Å². The van der Waals surface area contributed by atoms with Crippen LogP contribution in [0.1, 0.15) is 0 Å². The van der Waals surface area contributed by atoms with Crippen molar-refractivity contribution in [2.75, 3.05) is 0 Å². The Morgan fingerprint density at radius 1 is 0.727 bits per heavy atom. The lowest BCUT2D eigenvalue weighted by Gasteiger charge is -2.02. The molecular formula is C14H8N4O2S2. The second-order valence-corrected chi connectivity index (χ2v) is 5.35. The van der Waals surface area contributed by atoms with Gasteiger partial charge in [-0.25, -0.2) is 10.2 Å². The maximum absolute atomic E-state index is 5.32. The second kappa shape index (κ2) is 5.00. The summed E-state index contributed by atoms with van der Waals surface area (Å²) in [6.45, 7) is 0. The van der Waals surface area contributed by atoms with E-state index in [1.807, 2.05) is 36.4 Å². The van der Waals surface area contributed by atoms with E-state index in [0.29, 0.717) is 11.8 Å². The van der Waals surface area contributed by atoms with E-state index in [-0.39, 0.29) is 9.67 Å². The summed E-state index contributed by atoms with van der Waals surface area (Å²) < 4.78 is 10.6. The molecular weight excluding hydrogens is 320 g/mol. The lowest BCUT2D eigenvalue weighted by molar-refractivity contribution is 0.551. The van der Waals surface area contributed by atoms with Crippen molar-refractivity contribution >= 4 is 35.2 Å². The molecule has 0 aliphatic heterocycles. The third kappa shape index (κ3) is 2.28. The molecule has 0 saturated carbocycles. The van der Waals surface area contributed by atoms with Gasteiger partial charge in [0.15, 0.2) is 0 Å². The maximum atomic E-state index is 5.32. The van der Waals surface area contributed by atoms with E-state index in [0.717, 1.165) is 21.9 Å². The topological polar surface area (TPSA) is 83.6 Å². The lowest BCUT2D eigenvalue weighted by Crippen LogP contribution is -1.82. The van der Waals surface area contributed by atoms with Crippen LogP contribution in [0.3, 0.4) is 0 Å². The number of hydrogen-bond donors (Lipinski definition) is 2. The van der Waals surface area contributed by atoms with E-state index in [4.69, 9.17) is 33.3 Å². The highest BCUT2D eigenvalue weighted by Gasteiger charge is 2.08. The van der Waals surface area contributed by atoms with Gasteiger partial charge in [-0.15, -0.1) is 10.2 Å². The number of H-pyrrole nitrogens is 2. The third-order valence-corrected chi connectivity index (χ3v) is 3.56. The van der Waals surface area contributed by atoms with E-state index in [1.165, 1.54) is 0 Å². The van der Waals surface area contributed by atoms with Gasteiger partial charge in [-0.3, -0.25) is 0 Å². The molecule has 0 unspecified atom stereocenters. The quantitative estimate of drug-likeness (QED) is 0.535. The minimum absolute atomic E-state index is 0.255. The van der Waals surface area contributed by atoms with Crippen molar-refractivity contribution in [2.45, 2.75) is 0 Å². The van der Waals surface area contributed by atoms with Crippen molar-refractivity contribution in [3.63, 3.8) is 0 Å². The molecule has 6 nitrogen and oxygen atoms in total. The molecule has 4 rings (SSSR count). The molecule has 0 aliphatic carbocycles. The average Bonchev–Trinajstić information content (AvgIpc) is 3.15. The minimum Gasteiger partial charge on any atom is -0.409 e. The van der Waals surface area contributed by atoms with Gasteiger partial charge in [0.25, 0.3) is 9.67 Å². The molecule has 0 bridgehead atoms. The van der Waals surface area contributed by atoms with E-state index < -0.39 is 0 Å². The van der Waals surface area contributed by atoms with E-state index in [9.17, 15) is 0 Å². The maximum Gasteiger partial charge on any atom is 0.284 e. The number of rotatable bonds is 2. The van der Waals surface area contributed by atoms with Gasteiger partial charge in [0.2, 0.25) is 11.8 Å². The number of aromatic nitrogens is 4. The van der Waals surface area contributed by atoms with Crippen molar-refractivity contribution in [2.24, 2.45) is 0 Å². The summed E-state index contributed by atoms with van der Waals surface area (Å²) >= 11 is 9.78. The van der Waals surface area contributed by atoms with E-state index in [2.05, 4.69) is 20.4 Å². The summed E-state index contributed by atoms with van der Waals surface area (Å²) in [5.74, 6) is 0.933. The second-order valence-electron chi connectivity index (χ2n) is 4.61. The first-order valence-corrected chi connectivity index (χ1v) is 7.16. The first-order chi connectivity index (χ1) is 10.7. The van der Waals surface area contributed by atoms with Crippen LogP contribution in [0, 0.1) is 9.67 Å². The van der Waals surface area contributed by atoms with E-state index >= 15 is 0 Å². The first kappa shape index (κ1) is 13.1. The summed E-state index contributed by atoms with van der Waals surface area (Å²) in [5, 5.41) is 15.4. The number of aromatic amines is 2. The molecule has 0 atom stereocenters. The van der Waals surface area contributed by atoms with Gasteiger partial charge in [0, 0.05) is 11.1 Å². The number of nitrogens with one attached hydrogen (secondary N) is 2. The summed E-state index contributed by atoms with van der Waals surface area (Å²) in [5.41, 5.74) is 1.70. The molecule has 4 aromatic rings. The van der Waals surface area contributed by atoms with Crippen LogP contribution in [-0.2, 0) is 0 Å². The largest absolute Gasteiger partial charge is 0.409 e. The third-order valence-electron chi connectivity index (χ3n) is 3.21. The number of benzene rings is 2. The lowest BCUT2D eigenvalue weighted by atomic mass is 10.0. The van der Waals surface area contributed by atoms with Crippen LogP contribution < -0.4 is 0 Å². The highest BCUT2D eigenvalue weighted by molar-refractivity contribution is 7.71. The summed E-state index contributed by atoms with van der Waals surface area (Å²) in [7, 11) is 0. The van der Waals surface area contributed by atoms with Crippen molar-refractivity contribution in [3.05, 3.63) is 46.1 Å². The Balaban J connectivity index is 1.82. The zero-order valence-electron chi connectivity index (χ0n) is 11.0. The normalized spacial score (nSPS) is 11.1. The van der Waals surface area contributed by atoms with Crippen LogP contribution in [0.4, 0.5) is 0 Å². The molecule has 2 heterocycles. The van der Waals surface area contributed by atoms with Crippen LogP contribution in [-0.4, -0.2) is 20.4 Å². The van der Waals surface area contributed by atoms with Gasteiger partial charge in [-0.2, -0.15) is 0 Å². The molecule has 2 aromatic heterocycles. The smallest absolute Gasteiger partial charge is 0.284 e. The Bertz CT molecular complexity index is 1000. The van der Waals surface area contributed by atoms with Gasteiger partial charge < -0.3 is 8.83 Å². The molecule has 2 aromatic carbocycles. The molecule has 22 heavy (non-hydrogen) atoms. The fraction of sp³-hybridized carbons (Fsp3) is 0. The molecule has 0 spiro atoms. The summed E-state index contributed by atoms with van der Waals surface area (Å²) in [6, 6.07) is 11.7. The fourth-order valence-corrected chi connectivity index (χ4v) is 2.47. The Morgan fingerprint density at radius 3 is 1.55 bits per heavy atom. The van der Waals surface area contributed by atoms with Crippen LogP contribution in [0.2, 0.25) is 0 Å². The number of nitrogens with zero attached hydrogens (tertiary/aromatic N) is 2. The van der Waals surface area contributed by atoms with Gasteiger partial charge in [0.05, 0.1) is 0 Å². The molecule has 8 heteroatoms. The zero-order chi connectivity index (χ0) is 15.1. The Labute approximate surface area is 133 Å². The van der Waals surface area contributed by atoms with Crippen molar-refractivity contribution in [3.8, 4) is 22.9 Å². The predicted octanol–water partition coefficient (Wildman–Crippen LogP) is 4.26. The molecule has 0 aliphatic rings. The molecule has 108 valence electrons. The predicted molar refractivity (Wildman–Crippen MR) is 85.3 cm³/mol. The minimum atomic E-state index is 0.255. The standard InChI is InChI=1S/C14H8N4O2S2/c21-13-17-15-11(19-13)9-3-1-7-5-10(4-2-8(7)6-9)12-16-18-14(22)20-12/h1-6H,(H,17,21)(H,18,22). The molecule has 0 fully saturated rings. The fourth-order valence-electron chi connectivity index (χ4n) is 2.22. The van der Waals surface area contributed by atoms with Gasteiger partial charge in [-0.05, 0) is 59.5 Å². The van der Waals surface area contributed by atoms with Crippen LogP contribution >= 0.6 is 24.4 Å². The van der Waals surface area contributed by atoms with Gasteiger partial charge in [-0.1, -0.05) is 12.1 Å². The monoisotopic (exact) mass is 328 g/mol. The Kier molecular flexibility index (Phi) is 2.98.